The summed E-state index contributed by atoms with van der Waals surface area (Å²) < 4.78 is 27.8. The molecular weight excluding hydrogens is 390 g/mol. The molecule has 0 unspecified atom stereocenters. The summed E-state index contributed by atoms with van der Waals surface area (Å²) in [6.45, 7) is 4.81. The van der Waals surface area contributed by atoms with Gasteiger partial charge in [0.1, 0.15) is 17.2 Å². The van der Waals surface area contributed by atoms with E-state index in [1.807, 2.05) is 6.07 Å². The maximum atomic E-state index is 13.1. The summed E-state index contributed by atoms with van der Waals surface area (Å²) in [5, 5.41) is 3.45. The zero-order chi connectivity index (χ0) is 20.7. The number of halogens is 2. The smallest absolute Gasteiger partial charge is 0.281 e. The lowest BCUT2D eigenvalue weighted by Gasteiger charge is -2.51. The van der Waals surface area contributed by atoms with E-state index >= 15 is 0 Å². The number of hydrogen-bond acceptors (Lipinski definition) is 7. The number of hydrogen-bond donors (Lipinski definition) is 1. The normalized spacial score (nSPS) is 19.8. The summed E-state index contributed by atoms with van der Waals surface area (Å²) in [5.41, 5.74) is 0.902. The van der Waals surface area contributed by atoms with Crippen molar-refractivity contribution in [3.8, 4) is 11.5 Å². The van der Waals surface area contributed by atoms with E-state index in [-0.39, 0.29) is 11.2 Å². The van der Waals surface area contributed by atoms with Crippen LogP contribution in [0.15, 0.2) is 30.9 Å². The molecule has 5 rings (SSSR count). The van der Waals surface area contributed by atoms with Crippen molar-refractivity contribution in [3.63, 3.8) is 0 Å². The average molecular weight is 414 g/mol. The van der Waals surface area contributed by atoms with Gasteiger partial charge in [0, 0.05) is 37.6 Å². The molecule has 0 atom stereocenters. The van der Waals surface area contributed by atoms with Crippen LogP contribution >= 0.6 is 0 Å². The van der Waals surface area contributed by atoms with Crippen LogP contribution in [0.4, 0.5) is 14.6 Å². The minimum atomic E-state index is -2.65. The van der Waals surface area contributed by atoms with Crippen molar-refractivity contribution in [2.75, 3.05) is 44.7 Å². The Kier molecular flexibility index (Phi) is 4.82. The monoisotopic (exact) mass is 414 g/mol. The number of alkyl halides is 2. The van der Waals surface area contributed by atoms with Gasteiger partial charge in [-0.15, -0.1) is 0 Å². The van der Waals surface area contributed by atoms with Crippen molar-refractivity contribution in [1.82, 2.24) is 34.6 Å². The van der Waals surface area contributed by atoms with Gasteiger partial charge in [0.25, 0.3) is 6.43 Å². The van der Waals surface area contributed by atoms with E-state index in [1.54, 1.807) is 16.8 Å². The Balaban J connectivity index is 1.48. The molecule has 10 heteroatoms. The van der Waals surface area contributed by atoms with E-state index in [4.69, 9.17) is 4.98 Å². The minimum absolute atomic E-state index is 0.149. The van der Waals surface area contributed by atoms with Gasteiger partial charge in [-0.1, -0.05) is 0 Å². The quantitative estimate of drug-likeness (QED) is 0.703. The third-order valence-electron chi connectivity index (χ3n) is 6.37. The van der Waals surface area contributed by atoms with E-state index in [0.717, 1.165) is 51.4 Å². The van der Waals surface area contributed by atoms with E-state index in [9.17, 15) is 8.78 Å². The van der Waals surface area contributed by atoms with Crippen LogP contribution in [0, 0.1) is 0 Å². The van der Waals surface area contributed by atoms with Gasteiger partial charge in [-0.2, -0.15) is 0 Å². The Morgan fingerprint density at radius 2 is 1.93 bits per heavy atom. The first kappa shape index (κ1) is 19.3. The van der Waals surface area contributed by atoms with Crippen molar-refractivity contribution in [2.45, 2.75) is 24.8 Å². The van der Waals surface area contributed by atoms with Crippen LogP contribution in [-0.4, -0.2) is 74.5 Å². The number of fused-ring (bicyclic) bond motifs is 1. The van der Waals surface area contributed by atoms with Crippen LogP contribution in [0.1, 0.15) is 25.0 Å². The molecule has 3 aromatic heterocycles. The van der Waals surface area contributed by atoms with Crippen LogP contribution in [0.3, 0.4) is 0 Å². The molecule has 0 aromatic carbocycles. The third-order valence-corrected chi connectivity index (χ3v) is 6.37. The van der Waals surface area contributed by atoms with Crippen LogP contribution in [0.25, 0.3) is 17.2 Å². The van der Waals surface area contributed by atoms with Gasteiger partial charge < -0.3 is 10.2 Å². The molecule has 0 radical (unpaired) electrons. The zero-order valence-corrected chi connectivity index (χ0v) is 16.8. The molecule has 1 spiro atoms. The van der Waals surface area contributed by atoms with Gasteiger partial charge in [0.2, 0.25) is 0 Å². The van der Waals surface area contributed by atoms with E-state index in [1.165, 1.54) is 12.4 Å². The first-order chi connectivity index (χ1) is 14.6. The number of nitrogens with zero attached hydrogens (tertiary/aromatic N) is 7. The standard InChI is InChI=1S/C20H24F2N8/c1-28-8-9-29(13-20(28)3-6-23-7-4-20)16-2-5-24-19(27-16)15-10-26-17-11-25-14(18(21)22)12-30(15)17/h2,5,10-12,18,23H,3-4,6-9,13H2,1H3. The Morgan fingerprint density at radius 1 is 1.10 bits per heavy atom. The number of piperazine rings is 1. The van der Waals surface area contributed by atoms with Crippen molar-refractivity contribution in [3.05, 3.63) is 36.5 Å². The SMILES string of the molecule is CN1CCN(c2ccnc(-c3cnc4cnc(C(F)F)cn34)n2)CC12CCNCC2. The first-order valence-corrected chi connectivity index (χ1v) is 10.2. The molecule has 0 saturated carbocycles. The topological polar surface area (TPSA) is 74.5 Å². The summed E-state index contributed by atoms with van der Waals surface area (Å²) in [4.78, 5) is 22.0. The van der Waals surface area contributed by atoms with E-state index < -0.39 is 6.43 Å². The molecule has 0 bridgehead atoms. The fraction of sp³-hybridized carbons (Fsp3) is 0.500. The zero-order valence-electron chi connectivity index (χ0n) is 16.8. The second-order valence-electron chi connectivity index (χ2n) is 8.04. The molecular formula is C20H24F2N8. The van der Waals surface area contributed by atoms with Crippen molar-refractivity contribution < 1.29 is 8.78 Å². The predicted molar refractivity (Wildman–Crippen MR) is 109 cm³/mol. The van der Waals surface area contributed by atoms with Crippen molar-refractivity contribution in [2.24, 2.45) is 0 Å². The van der Waals surface area contributed by atoms with Crippen LogP contribution in [0.5, 0.6) is 0 Å². The van der Waals surface area contributed by atoms with E-state index in [0.29, 0.717) is 17.2 Å². The predicted octanol–water partition coefficient (Wildman–Crippen LogP) is 2.00. The summed E-state index contributed by atoms with van der Waals surface area (Å²) in [6.07, 6.45) is 5.53. The third kappa shape index (κ3) is 3.29. The molecule has 2 aliphatic rings. The Hall–Kier alpha value is -2.72. The summed E-state index contributed by atoms with van der Waals surface area (Å²) in [6, 6.07) is 1.92. The highest BCUT2D eigenvalue weighted by atomic mass is 19.3. The molecule has 2 saturated heterocycles. The molecule has 5 heterocycles. The van der Waals surface area contributed by atoms with Crippen LogP contribution in [0.2, 0.25) is 0 Å². The van der Waals surface area contributed by atoms with Gasteiger partial charge >= 0.3 is 0 Å². The fourth-order valence-corrected chi connectivity index (χ4v) is 4.52. The van der Waals surface area contributed by atoms with Crippen molar-refractivity contribution in [1.29, 1.82) is 0 Å². The Morgan fingerprint density at radius 3 is 2.73 bits per heavy atom. The van der Waals surface area contributed by atoms with Gasteiger partial charge in [-0.25, -0.2) is 28.7 Å². The average Bonchev–Trinajstić information content (AvgIpc) is 3.20. The molecule has 8 nitrogen and oxygen atoms in total. The van der Waals surface area contributed by atoms with Crippen molar-refractivity contribution >= 4 is 11.5 Å². The number of likely N-dealkylation sites (N-methyl/N-ethyl adjacent to an activating group) is 1. The molecule has 3 aromatic rings. The van der Waals surface area contributed by atoms with Gasteiger partial charge in [-0.05, 0) is 39.0 Å². The van der Waals surface area contributed by atoms with Gasteiger partial charge in [0.15, 0.2) is 11.5 Å². The summed E-state index contributed by atoms with van der Waals surface area (Å²) in [5.74, 6) is 1.31. The maximum Gasteiger partial charge on any atom is 0.281 e. The number of rotatable bonds is 3. The molecule has 158 valence electrons. The number of anilines is 1. The largest absolute Gasteiger partial charge is 0.353 e. The lowest BCUT2D eigenvalue weighted by molar-refractivity contribution is 0.0696. The highest BCUT2D eigenvalue weighted by molar-refractivity contribution is 5.58. The number of aromatic nitrogens is 5. The lowest BCUT2D eigenvalue weighted by Crippen LogP contribution is -2.64. The highest BCUT2D eigenvalue weighted by Crippen LogP contribution is 2.31. The summed E-state index contributed by atoms with van der Waals surface area (Å²) in [7, 11) is 2.21. The summed E-state index contributed by atoms with van der Waals surface area (Å²) >= 11 is 0. The van der Waals surface area contributed by atoms with Crippen LogP contribution in [-0.2, 0) is 0 Å². The second kappa shape index (κ2) is 7.51. The maximum absolute atomic E-state index is 13.1. The molecule has 1 N–H and O–H groups in total. The molecule has 30 heavy (non-hydrogen) atoms. The number of nitrogens with one attached hydrogen (secondary N) is 1. The fourth-order valence-electron chi connectivity index (χ4n) is 4.52. The lowest BCUT2D eigenvalue weighted by atomic mass is 9.84. The number of imidazole rings is 1. The van der Waals surface area contributed by atoms with E-state index in [2.05, 4.69) is 37.1 Å². The van der Waals surface area contributed by atoms with Gasteiger partial charge in [0.05, 0.1) is 12.4 Å². The molecule has 2 fully saturated rings. The second-order valence-corrected chi connectivity index (χ2v) is 8.04. The minimum Gasteiger partial charge on any atom is -0.353 e. The molecule has 0 aliphatic carbocycles. The van der Waals surface area contributed by atoms with Gasteiger partial charge in [-0.3, -0.25) is 9.30 Å². The molecule has 0 amide bonds. The van der Waals surface area contributed by atoms with Crippen LogP contribution < -0.4 is 10.2 Å². The Bertz CT molecular complexity index is 1050. The first-order valence-electron chi connectivity index (χ1n) is 10.2. The Labute approximate surface area is 173 Å². The molecule has 2 aliphatic heterocycles. The highest BCUT2D eigenvalue weighted by Gasteiger charge is 2.40. The number of piperidine rings is 1.